The summed E-state index contributed by atoms with van der Waals surface area (Å²) in [7, 11) is 0. The minimum atomic E-state index is -0.955. The molecule has 4 heteroatoms. The van der Waals surface area contributed by atoms with Crippen LogP contribution in [0, 0.1) is 0 Å². The standard InChI is InChI=1S/C15H23NO3/c1-4-16-11(2)5-6-13-7-9-14(10-8-13)19-12(3)15(17)18/h7-12,16H,4-6H2,1-3H3,(H,17,18). The molecule has 0 heterocycles. The average Bonchev–Trinajstić information content (AvgIpc) is 2.38. The first-order valence-electron chi connectivity index (χ1n) is 6.74. The van der Waals surface area contributed by atoms with Gasteiger partial charge in [-0.05, 0) is 50.9 Å². The second-order valence-corrected chi connectivity index (χ2v) is 4.74. The van der Waals surface area contributed by atoms with Crippen LogP contribution >= 0.6 is 0 Å². The molecule has 0 aliphatic carbocycles. The summed E-state index contributed by atoms with van der Waals surface area (Å²) in [5, 5.41) is 12.1. The third kappa shape index (κ3) is 5.75. The van der Waals surface area contributed by atoms with Gasteiger partial charge in [0.25, 0.3) is 0 Å². The third-order valence-electron chi connectivity index (χ3n) is 3.00. The zero-order valence-electron chi connectivity index (χ0n) is 11.8. The Morgan fingerprint density at radius 3 is 2.47 bits per heavy atom. The van der Waals surface area contributed by atoms with E-state index < -0.39 is 12.1 Å². The molecule has 2 N–H and O–H groups in total. The van der Waals surface area contributed by atoms with E-state index in [1.54, 1.807) is 0 Å². The number of benzene rings is 1. The van der Waals surface area contributed by atoms with Gasteiger partial charge in [-0.15, -0.1) is 0 Å². The lowest BCUT2D eigenvalue weighted by molar-refractivity contribution is -0.144. The Labute approximate surface area is 114 Å². The SMILES string of the molecule is CCNC(C)CCc1ccc(OC(C)C(=O)O)cc1. The van der Waals surface area contributed by atoms with Crippen LogP contribution in [0.25, 0.3) is 0 Å². The number of nitrogens with one attached hydrogen (secondary N) is 1. The van der Waals surface area contributed by atoms with E-state index in [0.29, 0.717) is 11.8 Å². The Bertz CT molecular complexity index is 389. The van der Waals surface area contributed by atoms with Crippen LogP contribution in [0.5, 0.6) is 5.75 Å². The summed E-state index contributed by atoms with van der Waals surface area (Å²) in [5.41, 5.74) is 1.24. The fraction of sp³-hybridized carbons (Fsp3) is 0.533. The van der Waals surface area contributed by atoms with Crippen molar-refractivity contribution in [2.75, 3.05) is 6.54 Å². The number of carbonyl (C=O) groups is 1. The van der Waals surface area contributed by atoms with Crippen molar-refractivity contribution in [2.24, 2.45) is 0 Å². The summed E-state index contributed by atoms with van der Waals surface area (Å²) in [4.78, 5) is 10.7. The molecule has 19 heavy (non-hydrogen) atoms. The Morgan fingerprint density at radius 1 is 1.32 bits per heavy atom. The van der Waals surface area contributed by atoms with E-state index in [0.717, 1.165) is 19.4 Å². The average molecular weight is 265 g/mol. The highest BCUT2D eigenvalue weighted by molar-refractivity contribution is 5.72. The largest absolute Gasteiger partial charge is 0.479 e. The molecule has 2 atom stereocenters. The molecule has 0 radical (unpaired) electrons. The van der Waals surface area contributed by atoms with E-state index in [1.165, 1.54) is 12.5 Å². The number of carboxylic acid groups (broad SMARTS) is 1. The van der Waals surface area contributed by atoms with E-state index in [-0.39, 0.29) is 0 Å². The summed E-state index contributed by atoms with van der Waals surface area (Å²) in [6, 6.07) is 8.14. The lowest BCUT2D eigenvalue weighted by Crippen LogP contribution is -2.25. The quantitative estimate of drug-likeness (QED) is 0.758. The molecular formula is C15H23NO3. The number of rotatable bonds is 8. The highest BCUT2D eigenvalue weighted by Crippen LogP contribution is 2.15. The van der Waals surface area contributed by atoms with Gasteiger partial charge in [-0.1, -0.05) is 19.1 Å². The van der Waals surface area contributed by atoms with Gasteiger partial charge in [-0.3, -0.25) is 0 Å². The van der Waals surface area contributed by atoms with Gasteiger partial charge < -0.3 is 15.2 Å². The number of hydrogen-bond acceptors (Lipinski definition) is 3. The normalized spacial score (nSPS) is 13.8. The molecule has 106 valence electrons. The number of ether oxygens (including phenoxy) is 1. The zero-order chi connectivity index (χ0) is 14.3. The van der Waals surface area contributed by atoms with Gasteiger partial charge in [-0.25, -0.2) is 4.79 Å². The maximum atomic E-state index is 10.7. The third-order valence-corrected chi connectivity index (χ3v) is 3.00. The van der Waals surface area contributed by atoms with Crippen LogP contribution in [0.4, 0.5) is 0 Å². The van der Waals surface area contributed by atoms with Crippen molar-refractivity contribution in [2.45, 2.75) is 45.8 Å². The molecule has 1 rings (SSSR count). The minimum Gasteiger partial charge on any atom is -0.479 e. The van der Waals surface area contributed by atoms with E-state index in [9.17, 15) is 4.79 Å². The van der Waals surface area contributed by atoms with Gasteiger partial charge in [0.05, 0.1) is 0 Å². The summed E-state index contributed by atoms with van der Waals surface area (Å²) >= 11 is 0. The van der Waals surface area contributed by atoms with Crippen molar-refractivity contribution in [3.05, 3.63) is 29.8 Å². The predicted octanol–water partition coefficient (Wildman–Crippen LogP) is 2.47. The van der Waals surface area contributed by atoms with Gasteiger partial charge in [-0.2, -0.15) is 0 Å². The molecule has 0 saturated heterocycles. The molecule has 0 aliphatic rings. The highest BCUT2D eigenvalue weighted by Gasteiger charge is 2.12. The second kappa shape index (κ2) is 7.79. The predicted molar refractivity (Wildman–Crippen MR) is 75.6 cm³/mol. The number of aryl methyl sites for hydroxylation is 1. The molecule has 0 spiro atoms. The van der Waals surface area contributed by atoms with Crippen molar-refractivity contribution < 1.29 is 14.6 Å². The second-order valence-electron chi connectivity index (χ2n) is 4.74. The molecule has 0 bridgehead atoms. The maximum absolute atomic E-state index is 10.7. The van der Waals surface area contributed by atoms with Gasteiger partial charge in [0.15, 0.2) is 6.10 Å². The first kappa shape index (κ1) is 15.5. The number of hydrogen-bond donors (Lipinski definition) is 2. The lowest BCUT2D eigenvalue weighted by atomic mass is 10.1. The Kier molecular flexibility index (Phi) is 6.36. The van der Waals surface area contributed by atoms with Crippen LogP contribution in [-0.4, -0.2) is 29.8 Å². The maximum Gasteiger partial charge on any atom is 0.344 e. The Balaban J connectivity index is 2.45. The Morgan fingerprint density at radius 2 is 1.95 bits per heavy atom. The Hall–Kier alpha value is -1.55. The van der Waals surface area contributed by atoms with Gasteiger partial charge in [0.1, 0.15) is 5.75 Å². The summed E-state index contributed by atoms with van der Waals surface area (Å²) < 4.78 is 5.28. The zero-order valence-corrected chi connectivity index (χ0v) is 11.8. The van der Waals surface area contributed by atoms with E-state index in [4.69, 9.17) is 9.84 Å². The van der Waals surface area contributed by atoms with Crippen molar-refractivity contribution in [1.82, 2.24) is 5.32 Å². The van der Waals surface area contributed by atoms with Crippen molar-refractivity contribution in [3.8, 4) is 5.75 Å². The highest BCUT2D eigenvalue weighted by atomic mass is 16.5. The molecule has 1 aromatic carbocycles. The first-order valence-corrected chi connectivity index (χ1v) is 6.74. The summed E-state index contributed by atoms with van der Waals surface area (Å²) in [5.74, 6) is -0.359. The molecule has 0 aromatic heterocycles. The molecule has 4 nitrogen and oxygen atoms in total. The molecule has 0 amide bonds. The first-order chi connectivity index (χ1) is 9.02. The topological polar surface area (TPSA) is 58.6 Å². The fourth-order valence-electron chi connectivity index (χ4n) is 1.82. The van der Waals surface area contributed by atoms with Crippen molar-refractivity contribution in [3.63, 3.8) is 0 Å². The molecule has 0 saturated carbocycles. The van der Waals surface area contributed by atoms with E-state index in [1.807, 2.05) is 24.3 Å². The molecular weight excluding hydrogens is 242 g/mol. The molecule has 2 unspecified atom stereocenters. The van der Waals surface area contributed by atoms with Crippen LogP contribution in [0.1, 0.15) is 32.8 Å². The molecule has 0 fully saturated rings. The summed E-state index contributed by atoms with van der Waals surface area (Å²) in [6.45, 7) is 6.79. The van der Waals surface area contributed by atoms with E-state index in [2.05, 4.69) is 19.2 Å². The monoisotopic (exact) mass is 265 g/mol. The number of carboxylic acids is 1. The van der Waals surface area contributed by atoms with Crippen molar-refractivity contribution >= 4 is 5.97 Å². The van der Waals surface area contributed by atoms with Crippen LogP contribution in [-0.2, 0) is 11.2 Å². The summed E-state index contributed by atoms with van der Waals surface area (Å²) in [6.07, 6.45) is 1.27. The lowest BCUT2D eigenvalue weighted by Gasteiger charge is -2.13. The van der Waals surface area contributed by atoms with Crippen molar-refractivity contribution in [1.29, 1.82) is 0 Å². The smallest absolute Gasteiger partial charge is 0.344 e. The molecule has 1 aromatic rings. The van der Waals surface area contributed by atoms with Crippen LogP contribution in [0.2, 0.25) is 0 Å². The minimum absolute atomic E-state index is 0.507. The molecule has 0 aliphatic heterocycles. The van der Waals surface area contributed by atoms with Gasteiger partial charge >= 0.3 is 5.97 Å². The van der Waals surface area contributed by atoms with E-state index >= 15 is 0 Å². The van der Waals surface area contributed by atoms with Crippen LogP contribution < -0.4 is 10.1 Å². The van der Waals surface area contributed by atoms with Gasteiger partial charge in [0, 0.05) is 6.04 Å². The van der Waals surface area contributed by atoms with Gasteiger partial charge in [0.2, 0.25) is 0 Å². The van der Waals surface area contributed by atoms with Crippen LogP contribution in [0.3, 0.4) is 0 Å². The fourth-order valence-corrected chi connectivity index (χ4v) is 1.82. The number of aliphatic carboxylic acids is 1. The van der Waals surface area contributed by atoms with Crippen LogP contribution in [0.15, 0.2) is 24.3 Å².